The number of unbranched alkanes of at least 4 members (excludes halogenated alkanes) is 23. The number of nitrogens with two attached hydrogens (primary N) is 1. The van der Waals surface area contributed by atoms with Crippen molar-refractivity contribution in [1.82, 2.24) is 0 Å². The third kappa shape index (κ3) is 43.5. The number of hydrogen-bond acceptors (Lipinski definition) is 8. The number of hydrogen-bond donors (Lipinski definition) is 2. The molecule has 0 saturated carbocycles. The van der Waals surface area contributed by atoms with E-state index in [4.69, 9.17) is 24.3 Å². The minimum absolute atomic E-state index is 0.0538. The predicted molar refractivity (Wildman–Crippen MR) is 243 cm³/mol. The highest BCUT2D eigenvalue weighted by Crippen LogP contribution is 2.43. The van der Waals surface area contributed by atoms with Crippen LogP contribution in [0.5, 0.6) is 0 Å². The van der Waals surface area contributed by atoms with Crippen LogP contribution in [0.2, 0.25) is 0 Å². The van der Waals surface area contributed by atoms with Crippen molar-refractivity contribution in [3.05, 3.63) is 48.6 Å². The van der Waals surface area contributed by atoms with Crippen LogP contribution in [0.3, 0.4) is 0 Å². The number of carbonyl (C=O) groups excluding carboxylic acids is 2. The second-order valence-corrected chi connectivity index (χ2v) is 17.1. The van der Waals surface area contributed by atoms with E-state index in [9.17, 15) is 19.0 Å². The SMILES string of the molecule is CC/C=C\C/C=C\C/C=C\C/C=C\CCCCCCCCCCCCCCCCC(=O)OC(COC(=O)CCCCCCCCCCCC)COP(=O)(O)OCCN. The molecule has 9 nitrogen and oxygen atoms in total. The molecule has 0 aliphatic rings. The molecule has 0 spiro atoms. The summed E-state index contributed by atoms with van der Waals surface area (Å²) in [6.07, 6.45) is 51.6. The summed E-state index contributed by atoms with van der Waals surface area (Å²) in [5.41, 5.74) is 5.35. The number of allylic oxidation sites excluding steroid dienone is 8. The molecule has 10 heteroatoms. The molecule has 2 atom stereocenters. The van der Waals surface area contributed by atoms with Gasteiger partial charge in [-0.15, -0.1) is 0 Å². The fourth-order valence-electron chi connectivity index (χ4n) is 6.51. The fraction of sp³-hybridized carbons (Fsp3) is 0.792. The molecule has 0 aromatic heterocycles. The first kappa shape index (κ1) is 56.0. The van der Waals surface area contributed by atoms with E-state index in [1.807, 2.05) is 0 Å². The zero-order valence-corrected chi connectivity index (χ0v) is 38.2. The van der Waals surface area contributed by atoms with Gasteiger partial charge in [-0.05, 0) is 51.4 Å². The lowest BCUT2D eigenvalue weighted by molar-refractivity contribution is -0.161. The number of rotatable bonds is 44. The minimum atomic E-state index is -4.37. The van der Waals surface area contributed by atoms with Gasteiger partial charge in [0.05, 0.1) is 13.2 Å². The normalized spacial score (nSPS) is 13.7. The highest BCUT2D eigenvalue weighted by molar-refractivity contribution is 7.47. The maximum absolute atomic E-state index is 12.6. The van der Waals surface area contributed by atoms with Gasteiger partial charge >= 0.3 is 19.8 Å². The number of phosphoric ester groups is 1. The summed E-state index contributed by atoms with van der Waals surface area (Å²) in [6.45, 7) is 3.62. The molecule has 3 N–H and O–H groups in total. The molecule has 0 rings (SSSR count). The van der Waals surface area contributed by atoms with Crippen LogP contribution in [0.25, 0.3) is 0 Å². The standard InChI is InChI=1S/C48H88NO8P/c1-3-5-7-9-11-13-15-16-17-18-19-20-21-22-23-24-25-26-27-28-29-30-31-33-35-37-39-41-48(51)57-46(45-56-58(52,53)55-43-42-49)44-54-47(50)40-38-36-34-32-14-12-10-8-6-4-2/h5,7,11,13,16-17,19-20,46H,3-4,6,8-10,12,14-15,18,21-45,49H2,1-2H3,(H,52,53)/b7-5-,13-11-,17-16-,20-19-. The largest absolute Gasteiger partial charge is 0.472 e. The number of phosphoric acid groups is 1. The zero-order valence-electron chi connectivity index (χ0n) is 37.3. The molecule has 0 aliphatic carbocycles. The van der Waals surface area contributed by atoms with Gasteiger partial charge < -0.3 is 20.1 Å². The molecule has 0 aliphatic heterocycles. The molecule has 0 saturated heterocycles. The van der Waals surface area contributed by atoms with E-state index in [1.54, 1.807) is 0 Å². The Morgan fingerprint density at radius 1 is 0.534 bits per heavy atom. The van der Waals surface area contributed by atoms with Crippen molar-refractivity contribution in [3.63, 3.8) is 0 Å². The summed E-state index contributed by atoms with van der Waals surface area (Å²) in [5, 5.41) is 0. The quantitative estimate of drug-likeness (QED) is 0.0266. The van der Waals surface area contributed by atoms with Crippen LogP contribution in [0.1, 0.15) is 213 Å². The molecule has 0 radical (unpaired) electrons. The van der Waals surface area contributed by atoms with Gasteiger partial charge in [0.1, 0.15) is 6.61 Å². The Bertz CT molecular complexity index is 1090. The first-order valence-electron chi connectivity index (χ1n) is 23.6. The van der Waals surface area contributed by atoms with Crippen LogP contribution in [0.4, 0.5) is 0 Å². The van der Waals surface area contributed by atoms with E-state index in [0.717, 1.165) is 64.2 Å². The molecule has 58 heavy (non-hydrogen) atoms. The summed E-state index contributed by atoms with van der Waals surface area (Å²) in [7, 11) is -4.37. The van der Waals surface area contributed by atoms with Crippen molar-refractivity contribution in [2.24, 2.45) is 5.73 Å². The van der Waals surface area contributed by atoms with Crippen molar-refractivity contribution < 1.29 is 37.6 Å². The lowest BCUT2D eigenvalue weighted by Crippen LogP contribution is -2.29. The van der Waals surface area contributed by atoms with Crippen LogP contribution in [-0.4, -0.2) is 49.3 Å². The molecule has 0 amide bonds. The third-order valence-corrected chi connectivity index (χ3v) is 11.0. The number of carbonyl (C=O) groups is 2. The van der Waals surface area contributed by atoms with Crippen molar-refractivity contribution >= 4 is 19.8 Å². The summed E-state index contributed by atoms with van der Waals surface area (Å²) < 4.78 is 32.8. The lowest BCUT2D eigenvalue weighted by Gasteiger charge is -2.19. The van der Waals surface area contributed by atoms with Crippen LogP contribution in [-0.2, 0) is 32.7 Å². The Balaban J connectivity index is 3.96. The molecule has 0 heterocycles. The second-order valence-electron chi connectivity index (χ2n) is 15.6. The zero-order chi connectivity index (χ0) is 42.5. The average Bonchev–Trinajstić information content (AvgIpc) is 3.21. The summed E-state index contributed by atoms with van der Waals surface area (Å²) in [4.78, 5) is 34.8. The van der Waals surface area contributed by atoms with Crippen molar-refractivity contribution in [3.8, 4) is 0 Å². The first-order chi connectivity index (χ1) is 28.3. The number of ether oxygens (including phenoxy) is 2. The summed E-state index contributed by atoms with van der Waals surface area (Å²) in [6, 6.07) is 0. The Morgan fingerprint density at radius 3 is 1.41 bits per heavy atom. The molecular formula is C48H88NO8P. The van der Waals surface area contributed by atoms with Crippen LogP contribution in [0.15, 0.2) is 48.6 Å². The summed E-state index contributed by atoms with van der Waals surface area (Å²) in [5.74, 6) is -0.826. The van der Waals surface area contributed by atoms with Crippen LogP contribution in [0, 0.1) is 0 Å². The fourth-order valence-corrected chi connectivity index (χ4v) is 7.27. The van der Waals surface area contributed by atoms with Gasteiger partial charge in [0.25, 0.3) is 0 Å². The Labute approximate surface area is 356 Å². The van der Waals surface area contributed by atoms with Crippen LogP contribution < -0.4 is 5.73 Å². The molecule has 0 aromatic rings. The van der Waals surface area contributed by atoms with Gasteiger partial charge in [0, 0.05) is 19.4 Å². The summed E-state index contributed by atoms with van der Waals surface area (Å²) >= 11 is 0. The molecule has 2 unspecified atom stereocenters. The maximum atomic E-state index is 12.6. The van der Waals surface area contributed by atoms with E-state index in [-0.39, 0.29) is 38.6 Å². The van der Waals surface area contributed by atoms with E-state index >= 15 is 0 Å². The Hall–Kier alpha value is -2.03. The van der Waals surface area contributed by atoms with Gasteiger partial charge in [-0.25, -0.2) is 4.57 Å². The van der Waals surface area contributed by atoms with Gasteiger partial charge in [-0.1, -0.05) is 197 Å². The Kier molecular flexibility index (Phi) is 43.0. The van der Waals surface area contributed by atoms with Crippen LogP contribution >= 0.6 is 7.82 Å². The Morgan fingerprint density at radius 2 is 0.948 bits per heavy atom. The minimum Gasteiger partial charge on any atom is -0.462 e. The van der Waals surface area contributed by atoms with Gasteiger partial charge in [0.2, 0.25) is 0 Å². The van der Waals surface area contributed by atoms with E-state index in [1.165, 1.54) is 116 Å². The monoisotopic (exact) mass is 838 g/mol. The highest BCUT2D eigenvalue weighted by atomic mass is 31.2. The maximum Gasteiger partial charge on any atom is 0.472 e. The molecule has 0 bridgehead atoms. The predicted octanol–water partition coefficient (Wildman–Crippen LogP) is 13.9. The molecule has 0 fully saturated rings. The van der Waals surface area contributed by atoms with E-state index in [2.05, 4.69) is 62.5 Å². The third-order valence-electron chi connectivity index (χ3n) is 9.98. The molecule has 338 valence electrons. The molecule has 0 aromatic carbocycles. The van der Waals surface area contributed by atoms with E-state index in [0.29, 0.717) is 6.42 Å². The lowest BCUT2D eigenvalue weighted by atomic mass is 10.0. The van der Waals surface area contributed by atoms with Gasteiger partial charge in [-0.2, -0.15) is 0 Å². The van der Waals surface area contributed by atoms with Crippen molar-refractivity contribution in [1.29, 1.82) is 0 Å². The highest BCUT2D eigenvalue weighted by Gasteiger charge is 2.26. The first-order valence-corrected chi connectivity index (χ1v) is 25.1. The number of esters is 2. The van der Waals surface area contributed by atoms with Crippen molar-refractivity contribution in [2.75, 3.05) is 26.4 Å². The van der Waals surface area contributed by atoms with Gasteiger partial charge in [-0.3, -0.25) is 18.6 Å². The molecular weight excluding hydrogens is 750 g/mol. The van der Waals surface area contributed by atoms with E-state index < -0.39 is 26.5 Å². The topological polar surface area (TPSA) is 134 Å². The second kappa shape index (κ2) is 44.5. The smallest absolute Gasteiger partial charge is 0.462 e. The van der Waals surface area contributed by atoms with Gasteiger partial charge in [0.15, 0.2) is 6.10 Å². The van der Waals surface area contributed by atoms with Crippen molar-refractivity contribution in [2.45, 2.75) is 219 Å². The average molecular weight is 838 g/mol.